The summed E-state index contributed by atoms with van der Waals surface area (Å²) in [6.45, 7) is 2.43. The lowest BCUT2D eigenvalue weighted by Crippen LogP contribution is -2.19. The van der Waals surface area contributed by atoms with Crippen molar-refractivity contribution in [2.75, 3.05) is 17.2 Å². The Morgan fingerprint density at radius 1 is 0.698 bits per heavy atom. The van der Waals surface area contributed by atoms with Crippen molar-refractivity contribution in [3.63, 3.8) is 0 Å². The lowest BCUT2D eigenvalue weighted by Gasteiger charge is -2.17. The van der Waals surface area contributed by atoms with Gasteiger partial charge in [0.05, 0.1) is 12.2 Å². The minimum absolute atomic E-state index is 0.187. The lowest BCUT2D eigenvalue weighted by atomic mass is 10.1. The van der Waals surface area contributed by atoms with Crippen LogP contribution in [-0.2, 0) is 9.53 Å². The number of benzene rings is 5. The van der Waals surface area contributed by atoms with Gasteiger partial charge in [-0.25, -0.2) is 4.79 Å². The van der Waals surface area contributed by atoms with Crippen molar-refractivity contribution in [2.24, 2.45) is 0 Å². The zero-order chi connectivity index (χ0) is 30.0. The van der Waals surface area contributed by atoms with E-state index in [9.17, 15) is 14.4 Å². The molecule has 0 radical (unpaired) electrons. The Kier molecular flexibility index (Phi) is 9.87. The Hall–Kier alpha value is -4.88. The van der Waals surface area contributed by atoms with Crippen molar-refractivity contribution in [1.82, 2.24) is 0 Å². The molecule has 5 aromatic carbocycles. The van der Waals surface area contributed by atoms with Gasteiger partial charge in [-0.1, -0.05) is 74.0 Å². The minimum Gasteiger partial charge on any atom is -0.462 e. The molecule has 5 rings (SSSR count). The van der Waals surface area contributed by atoms with Gasteiger partial charge in [-0.3, -0.25) is 9.59 Å². The van der Waals surface area contributed by atoms with Crippen LogP contribution in [0.1, 0.15) is 51.3 Å². The summed E-state index contributed by atoms with van der Waals surface area (Å²) in [5, 5.41) is 7.49. The third-order valence-corrected chi connectivity index (χ3v) is 8.10. The maximum Gasteiger partial charge on any atom is 0.338 e. The normalized spacial score (nSPS) is 11.5. The number of thioether (sulfide) groups is 1. The molecule has 0 saturated heterocycles. The van der Waals surface area contributed by atoms with Crippen molar-refractivity contribution >= 4 is 51.7 Å². The van der Waals surface area contributed by atoms with E-state index in [-0.39, 0.29) is 17.8 Å². The zero-order valence-corrected chi connectivity index (χ0v) is 24.6. The second kappa shape index (κ2) is 14.3. The number of nitrogens with one attached hydrogen (secondary N) is 2. The predicted octanol–water partition coefficient (Wildman–Crippen LogP) is 8.52. The Bertz CT molecular complexity index is 1700. The average Bonchev–Trinajstić information content (AvgIpc) is 3.05. The summed E-state index contributed by atoms with van der Waals surface area (Å²) >= 11 is 1.41. The summed E-state index contributed by atoms with van der Waals surface area (Å²) in [5.74, 6) is -0.753. The number of carbonyl (C=O) groups is 3. The summed E-state index contributed by atoms with van der Waals surface area (Å²) in [5.41, 5.74) is 3.13. The van der Waals surface area contributed by atoms with Gasteiger partial charge in [-0.2, -0.15) is 0 Å². The van der Waals surface area contributed by atoms with Crippen LogP contribution in [0.2, 0.25) is 0 Å². The molecule has 0 aliphatic carbocycles. The quantitative estimate of drug-likeness (QED) is 0.0918. The fourth-order valence-electron chi connectivity index (χ4n) is 4.48. The molecule has 2 amide bonds. The molecule has 0 aliphatic heterocycles. The third kappa shape index (κ3) is 7.90. The van der Waals surface area contributed by atoms with Crippen LogP contribution in [0.5, 0.6) is 0 Å². The summed E-state index contributed by atoms with van der Waals surface area (Å²) in [4.78, 5) is 39.5. The molecule has 6 nitrogen and oxygen atoms in total. The largest absolute Gasteiger partial charge is 0.462 e. The molecule has 5 aromatic rings. The Balaban J connectivity index is 1.25. The number of esters is 1. The van der Waals surface area contributed by atoms with Crippen LogP contribution >= 0.6 is 11.8 Å². The highest BCUT2D eigenvalue weighted by molar-refractivity contribution is 8.00. The fourth-order valence-corrected chi connectivity index (χ4v) is 5.50. The van der Waals surface area contributed by atoms with Gasteiger partial charge in [0, 0.05) is 21.8 Å². The van der Waals surface area contributed by atoms with Crippen LogP contribution in [-0.4, -0.2) is 24.4 Å². The van der Waals surface area contributed by atoms with Gasteiger partial charge in [0.2, 0.25) is 5.91 Å². The topological polar surface area (TPSA) is 84.5 Å². The van der Waals surface area contributed by atoms with E-state index < -0.39 is 5.25 Å². The number of hydrogen-bond acceptors (Lipinski definition) is 5. The molecule has 216 valence electrons. The van der Waals surface area contributed by atoms with Crippen molar-refractivity contribution in [3.05, 3.63) is 138 Å². The highest BCUT2D eigenvalue weighted by Crippen LogP contribution is 2.37. The van der Waals surface area contributed by atoms with E-state index in [0.29, 0.717) is 29.1 Å². The number of fused-ring (bicyclic) bond motifs is 1. The van der Waals surface area contributed by atoms with Crippen molar-refractivity contribution in [3.8, 4) is 0 Å². The molecular formula is C36H32N2O4S. The average molecular weight is 589 g/mol. The van der Waals surface area contributed by atoms with E-state index >= 15 is 0 Å². The second-order valence-electron chi connectivity index (χ2n) is 10.0. The van der Waals surface area contributed by atoms with Gasteiger partial charge in [0.1, 0.15) is 5.25 Å². The van der Waals surface area contributed by atoms with Gasteiger partial charge < -0.3 is 15.4 Å². The monoisotopic (exact) mass is 588 g/mol. The van der Waals surface area contributed by atoms with Crippen LogP contribution in [0, 0.1) is 0 Å². The van der Waals surface area contributed by atoms with Gasteiger partial charge in [-0.05, 0) is 83.4 Å². The number of carbonyl (C=O) groups excluding carboxylic acids is 3. The Labute approximate surface area is 255 Å². The first-order valence-electron chi connectivity index (χ1n) is 14.2. The summed E-state index contributed by atoms with van der Waals surface area (Å²) in [7, 11) is 0. The van der Waals surface area contributed by atoms with Gasteiger partial charge in [0.25, 0.3) is 5.91 Å². The molecule has 0 aromatic heterocycles. The summed E-state index contributed by atoms with van der Waals surface area (Å²) < 4.78 is 5.27. The molecular weight excluding hydrogens is 556 g/mol. The highest BCUT2D eigenvalue weighted by atomic mass is 32.2. The number of amides is 2. The van der Waals surface area contributed by atoms with Crippen molar-refractivity contribution < 1.29 is 19.1 Å². The van der Waals surface area contributed by atoms with E-state index in [2.05, 4.69) is 10.6 Å². The van der Waals surface area contributed by atoms with Crippen molar-refractivity contribution in [1.29, 1.82) is 0 Å². The molecule has 43 heavy (non-hydrogen) atoms. The first kappa shape index (κ1) is 29.6. The molecule has 1 atom stereocenters. The molecule has 0 heterocycles. The molecule has 7 heteroatoms. The molecule has 0 aliphatic rings. The van der Waals surface area contributed by atoms with Crippen molar-refractivity contribution in [2.45, 2.75) is 29.9 Å². The summed E-state index contributed by atoms with van der Waals surface area (Å²) in [6.07, 6.45) is 1.77. The molecule has 0 spiro atoms. The van der Waals surface area contributed by atoms with Crippen LogP contribution in [0.15, 0.2) is 126 Å². The highest BCUT2D eigenvalue weighted by Gasteiger charge is 2.22. The Morgan fingerprint density at radius 2 is 1.33 bits per heavy atom. The molecule has 0 saturated carbocycles. The van der Waals surface area contributed by atoms with E-state index in [4.69, 9.17) is 4.74 Å². The van der Waals surface area contributed by atoms with Gasteiger partial charge in [-0.15, -0.1) is 11.8 Å². The zero-order valence-electron chi connectivity index (χ0n) is 23.8. The smallest absolute Gasteiger partial charge is 0.338 e. The van der Waals surface area contributed by atoms with E-state index in [0.717, 1.165) is 34.1 Å². The third-order valence-electron chi connectivity index (χ3n) is 6.84. The standard InChI is InChI=1S/C36H32N2O4S/c1-2-3-23-42-36(41)27-15-17-30(18-16-27)38-35(40)33(26-10-5-4-6-11-26)43-32-21-19-31(20-22-32)37-34(39)29-14-13-25-9-7-8-12-28(25)24-29/h4-22,24,33H,2-3,23H2,1H3,(H,37,39)(H,38,40). The van der Waals surface area contributed by atoms with Crippen LogP contribution in [0.3, 0.4) is 0 Å². The SMILES string of the molecule is CCCCOC(=O)c1ccc(NC(=O)C(Sc2ccc(NC(=O)c3ccc4ccccc4c3)cc2)c2ccccc2)cc1. The number of hydrogen-bond donors (Lipinski definition) is 2. The number of anilines is 2. The number of rotatable bonds is 11. The number of ether oxygens (including phenoxy) is 1. The van der Waals surface area contributed by atoms with Crippen LogP contribution in [0.25, 0.3) is 10.8 Å². The van der Waals surface area contributed by atoms with E-state index in [1.54, 1.807) is 24.3 Å². The fraction of sp³-hybridized carbons (Fsp3) is 0.139. The van der Waals surface area contributed by atoms with Crippen LogP contribution < -0.4 is 10.6 Å². The predicted molar refractivity (Wildman–Crippen MR) is 174 cm³/mol. The number of unbranched alkanes of at least 4 members (excludes halogenated alkanes) is 1. The Morgan fingerprint density at radius 3 is 2.05 bits per heavy atom. The molecule has 0 fully saturated rings. The maximum atomic E-state index is 13.5. The minimum atomic E-state index is -0.530. The second-order valence-corrected chi connectivity index (χ2v) is 11.2. The first-order chi connectivity index (χ1) is 21.0. The maximum absolute atomic E-state index is 13.5. The van der Waals surface area contributed by atoms with Gasteiger partial charge >= 0.3 is 5.97 Å². The van der Waals surface area contributed by atoms with Crippen LogP contribution in [0.4, 0.5) is 11.4 Å². The summed E-state index contributed by atoms with van der Waals surface area (Å²) in [6, 6.07) is 37.3. The van der Waals surface area contributed by atoms with E-state index in [1.807, 2.05) is 104 Å². The van der Waals surface area contributed by atoms with E-state index in [1.165, 1.54) is 11.8 Å². The van der Waals surface area contributed by atoms with Gasteiger partial charge in [0.15, 0.2) is 0 Å². The molecule has 0 bridgehead atoms. The molecule has 1 unspecified atom stereocenters. The first-order valence-corrected chi connectivity index (χ1v) is 15.1. The lowest BCUT2D eigenvalue weighted by molar-refractivity contribution is -0.115. The molecule has 2 N–H and O–H groups in total.